The van der Waals surface area contributed by atoms with Crippen molar-refractivity contribution in [2.24, 2.45) is 0 Å². The van der Waals surface area contributed by atoms with Gasteiger partial charge in [0, 0.05) is 5.02 Å². The number of aliphatic hydroxyl groups is 1. The summed E-state index contributed by atoms with van der Waals surface area (Å²) in [6, 6.07) is 9.92. The van der Waals surface area contributed by atoms with Crippen molar-refractivity contribution >= 4 is 11.6 Å². The Morgan fingerprint density at radius 3 is 2.00 bits per heavy atom. The van der Waals surface area contributed by atoms with E-state index in [0.717, 1.165) is 27.8 Å². The number of halogens is 1. The van der Waals surface area contributed by atoms with Crippen LogP contribution in [-0.4, -0.2) is 5.11 Å². The zero-order chi connectivity index (χ0) is 14.2. The van der Waals surface area contributed by atoms with E-state index in [0.29, 0.717) is 5.02 Å². The van der Waals surface area contributed by atoms with Gasteiger partial charge in [0.25, 0.3) is 0 Å². The van der Waals surface area contributed by atoms with Gasteiger partial charge in [0.15, 0.2) is 0 Å². The molecule has 2 rings (SSSR count). The topological polar surface area (TPSA) is 20.2 Å². The highest BCUT2D eigenvalue weighted by molar-refractivity contribution is 6.31. The van der Waals surface area contributed by atoms with Gasteiger partial charge < -0.3 is 5.11 Å². The highest BCUT2D eigenvalue weighted by Crippen LogP contribution is 2.30. The van der Waals surface area contributed by atoms with Gasteiger partial charge in [-0.1, -0.05) is 41.4 Å². The van der Waals surface area contributed by atoms with Crippen molar-refractivity contribution in [3.05, 3.63) is 68.7 Å². The van der Waals surface area contributed by atoms with Gasteiger partial charge >= 0.3 is 0 Å². The number of benzene rings is 2. The van der Waals surface area contributed by atoms with Gasteiger partial charge in [-0.05, 0) is 61.6 Å². The lowest BCUT2D eigenvalue weighted by atomic mass is 9.91. The summed E-state index contributed by atoms with van der Waals surface area (Å²) < 4.78 is 0. The largest absolute Gasteiger partial charge is 0.384 e. The molecule has 0 saturated heterocycles. The molecule has 1 N–H and O–H groups in total. The Balaban J connectivity index is 2.49. The third-order valence-electron chi connectivity index (χ3n) is 3.52. The van der Waals surface area contributed by atoms with Crippen LogP contribution in [0.25, 0.3) is 0 Å². The Morgan fingerprint density at radius 2 is 1.47 bits per heavy atom. The lowest BCUT2D eigenvalue weighted by Gasteiger charge is -2.18. The molecule has 1 atom stereocenters. The number of aliphatic hydroxyl groups excluding tert-OH is 1. The van der Waals surface area contributed by atoms with Crippen molar-refractivity contribution in [3.8, 4) is 0 Å². The first-order valence-electron chi connectivity index (χ1n) is 6.42. The fourth-order valence-electron chi connectivity index (χ4n) is 2.57. The zero-order valence-electron chi connectivity index (χ0n) is 11.8. The molecule has 1 nitrogen and oxygen atoms in total. The molecular formula is C17H19ClO. The maximum atomic E-state index is 10.6. The van der Waals surface area contributed by atoms with Gasteiger partial charge in [-0.3, -0.25) is 0 Å². The summed E-state index contributed by atoms with van der Waals surface area (Å²) in [5.74, 6) is 0. The van der Waals surface area contributed by atoms with Crippen LogP contribution in [0.4, 0.5) is 0 Å². The first-order chi connectivity index (χ1) is 8.90. The second kappa shape index (κ2) is 5.36. The van der Waals surface area contributed by atoms with Crippen LogP contribution in [0.3, 0.4) is 0 Å². The van der Waals surface area contributed by atoms with Crippen LogP contribution in [-0.2, 0) is 0 Å². The van der Waals surface area contributed by atoms with Crippen LogP contribution in [0.5, 0.6) is 0 Å². The molecule has 1 unspecified atom stereocenters. The summed E-state index contributed by atoms with van der Waals surface area (Å²) in [5.41, 5.74) is 6.28. The Kier molecular flexibility index (Phi) is 3.98. The molecule has 19 heavy (non-hydrogen) atoms. The van der Waals surface area contributed by atoms with Gasteiger partial charge in [-0.15, -0.1) is 0 Å². The monoisotopic (exact) mass is 274 g/mol. The quantitative estimate of drug-likeness (QED) is 0.845. The van der Waals surface area contributed by atoms with Gasteiger partial charge in [0.1, 0.15) is 6.10 Å². The van der Waals surface area contributed by atoms with Crippen molar-refractivity contribution in [3.63, 3.8) is 0 Å². The van der Waals surface area contributed by atoms with Gasteiger partial charge in [0.2, 0.25) is 0 Å². The average Bonchev–Trinajstić information content (AvgIpc) is 2.31. The van der Waals surface area contributed by atoms with E-state index in [9.17, 15) is 5.11 Å². The average molecular weight is 275 g/mol. The van der Waals surface area contributed by atoms with E-state index in [4.69, 9.17) is 11.6 Å². The Labute approximate surface area is 119 Å². The molecular weight excluding hydrogens is 256 g/mol. The van der Waals surface area contributed by atoms with E-state index in [1.54, 1.807) is 0 Å². The standard InChI is InChI=1S/C17H19ClO/c1-10-7-12(3)16(13(4)8-10)17(19)14-6-5-11(2)15(18)9-14/h5-9,17,19H,1-4H3. The zero-order valence-corrected chi connectivity index (χ0v) is 12.5. The van der Waals surface area contributed by atoms with Crippen LogP contribution < -0.4 is 0 Å². The van der Waals surface area contributed by atoms with E-state index in [-0.39, 0.29) is 0 Å². The predicted molar refractivity (Wildman–Crippen MR) is 80.9 cm³/mol. The molecule has 2 aromatic carbocycles. The lowest BCUT2D eigenvalue weighted by molar-refractivity contribution is 0.219. The minimum atomic E-state index is -0.626. The second-order valence-corrected chi connectivity index (χ2v) is 5.63. The highest BCUT2D eigenvalue weighted by Gasteiger charge is 2.16. The molecule has 2 heteroatoms. The SMILES string of the molecule is Cc1cc(C)c(C(O)c2ccc(C)c(Cl)c2)c(C)c1. The van der Waals surface area contributed by atoms with Gasteiger partial charge in [0.05, 0.1) is 0 Å². The van der Waals surface area contributed by atoms with Gasteiger partial charge in [-0.2, -0.15) is 0 Å². The first kappa shape index (κ1) is 14.1. The fourth-order valence-corrected chi connectivity index (χ4v) is 2.76. The van der Waals surface area contributed by atoms with E-state index in [1.165, 1.54) is 5.56 Å². The summed E-state index contributed by atoms with van der Waals surface area (Å²) in [7, 11) is 0. The van der Waals surface area contributed by atoms with Crippen LogP contribution in [0.1, 0.15) is 39.5 Å². The summed E-state index contributed by atoms with van der Waals surface area (Å²) >= 11 is 6.14. The van der Waals surface area contributed by atoms with Crippen molar-refractivity contribution in [2.45, 2.75) is 33.8 Å². The molecule has 0 heterocycles. The molecule has 100 valence electrons. The maximum absolute atomic E-state index is 10.6. The Morgan fingerprint density at radius 1 is 0.895 bits per heavy atom. The Hall–Kier alpha value is -1.31. The molecule has 0 aliphatic rings. The van der Waals surface area contributed by atoms with Gasteiger partial charge in [-0.25, -0.2) is 0 Å². The lowest BCUT2D eigenvalue weighted by Crippen LogP contribution is -2.05. The van der Waals surface area contributed by atoms with Crippen LogP contribution in [0.15, 0.2) is 30.3 Å². The van der Waals surface area contributed by atoms with Crippen LogP contribution >= 0.6 is 11.6 Å². The highest BCUT2D eigenvalue weighted by atomic mass is 35.5. The maximum Gasteiger partial charge on any atom is 0.105 e. The third kappa shape index (κ3) is 2.83. The summed E-state index contributed by atoms with van der Waals surface area (Å²) in [6.45, 7) is 8.10. The summed E-state index contributed by atoms with van der Waals surface area (Å²) in [4.78, 5) is 0. The predicted octanol–water partition coefficient (Wildman–Crippen LogP) is 4.66. The van der Waals surface area contributed by atoms with Crippen molar-refractivity contribution < 1.29 is 5.11 Å². The Bertz CT molecular complexity index is 594. The molecule has 0 amide bonds. The molecule has 0 aliphatic carbocycles. The second-order valence-electron chi connectivity index (χ2n) is 5.22. The molecule has 0 saturated carbocycles. The molecule has 0 radical (unpaired) electrons. The molecule has 0 spiro atoms. The van der Waals surface area contributed by atoms with Crippen LogP contribution in [0.2, 0.25) is 5.02 Å². The minimum absolute atomic E-state index is 0.626. The molecule has 0 aliphatic heterocycles. The summed E-state index contributed by atoms with van der Waals surface area (Å²) in [5, 5.41) is 11.3. The van der Waals surface area contributed by atoms with Crippen molar-refractivity contribution in [2.75, 3.05) is 0 Å². The summed E-state index contributed by atoms with van der Waals surface area (Å²) in [6.07, 6.45) is -0.626. The normalized spacial score (nSPS) is 12.5. The first-order valence-corrected chi connectivity index (χ1v) is 6.80. The smallest absolute Gasteiger partial charge is 0.105 e. The molecule has 0 fully saturated rings. The van der Waals surface area contributed by atoms with E-state index in [1.807, 2.05) is 39.0 Å². The minimum Gasteiger partial charge on any atom is -0.384 e. The van der Waals surface area contributed by atoms with E-state index < -0.39 is 6.10 Å². The number of rotatable bonds is 2. The fraction of sp³-hybridized carbons (Fsp3) is 0.294. The molecule has 2 aromatic rings. The van der Waals surface area contributed by atoms with E-state index >= 15 is 0 Å². The number of hydrogen-bond acceptors (Lipinski definition) is 1. The molecule has 0 aromatic heterocycles. The number of aryl methyl sites for hydroxylation is 4. The third-order valence-corrected chi connectivity index (χ3v) is 3.93. The molecule has 0 bridgehead atoms. The van der Waals surface area contributed by atoms with Crippen molar-refractivity contribution in [1.82, 2.24) is 0 Å². The van der Waals surface area contributed by atoms with E-state index in [2.05, 4.69) is 19.1 Å². The van der Waals surface area contributed by atoms with Crippen LogP contribution in [0, 0.1) is 27.7 Å². The number of hydrogen-bond donors (Lipinski definition) is 1. The van der Waals surface area contributed by atoms with Crippen molar-refractivity contribution in [1.29, 1.82) is 0 Å².